The summed E-state index contributed by atoms with van der Waals surface area (Å²) in [5.41, 5.74) is 2.06. The Morgan fingerprint density at radius 1 is 1.29 bits per heavy atom. The Labute approximate surface area is 126 Å². The van der Waals surface area contributed by atoms with Crippen LogP contribution in [-0.2, 0) is 11.3 Å². The molecule has 0 saturated carbocycles. The number of nitrogens with one attached hydrogen (secondary N) is 1. The van der Waals surface area contributed by atoms with Crippen LogP contribution >= 0.6 is 11.6 Å². The van der Waals surface area contributed by atoms with Gasteiger partial charge in [0.2, 0.25) is 5.91 Å². The molecule has 0 aliphatic carbocycles. The zero-order valence-electron chi connectivity index (χ0n) is 11.6. The maximum absolute atomic E-state index is 12.0. The molecular weight excluding hydrogens is 294 g/mol. The van der Waals surface area contributed by atoms with Gasteiger partial charge >= 0.3 is 5.97 Å². The smallest absolute Gasteiger partial charge is 0.335 e. The SMILES string of the molecule is Cc1cc(C)n(CC(=O)Nc2cc(Cl)cc(C(=O)O)c2)n1. The van der Waals surface area contributed by atoms with Crippen LogP contribution in [0.15, 0.2) is 24.3 Å². The third-order valence-electron chi connectivity index (χ3n) is 2.83. The van der Waals surface area contributed by atoms with Crippen molar-refractivity contribution in [2.75, 3.05) is 5.32 Å². The number of amides is 1. The maximum atomic E-state index is 12.0. The van der Waals surface area contributed by atoms with Crippen molar-refractivity contribution in [3.63, 3.8) is 0 Å². The average Bonchev–Trinajstić information content (AvgIpc) is 2.66. The van der Waals surface area contributed by atoms with Crippen LogP contribution in [0.3, 0.4) is 0 Å². The zero-order chi connectivity index (χ0) is 15.6. The first-order valence-electron chi connectivity index (χ1n) is 6.20. The summed E-state index contributed by atoms with van der Waals surface area (Å²) in [7, 11) is 0. The molecule has 6 nitrogen and oxygen atoms in total. The number of anilines is 1. The Morgan fingerprint density at radius 2 is 2.00 bits per heavy atom. The van der Waals surface area contributed by atoms with Gasteiger partial charge in [-0.25, -0.2) is 4.79 Å². The minimum absolute atomic E-state index is 0.0175. The number of halogens is 1. The Balaban J connectivity index is 2.12. The van der Waals surface area contributed by atoms with Gasteiger partial charge in [-0.2, -0.15) is 5.10 Å². The van der Waals surface area contributed by atoms with E-state index in [1.165, 1.54) is 18.2 Å². The number of benzene rings is 1. The van der Waals surface area contributed by atoms with E-state index < -0.39 is 5.97 Å². The fraction of sp³-hybridized carbons (Fsp3) is 0.214. The topological polar surface area (TPSA) is 84.2 Å². The standard InChI is InChI=1S/C14H14ClN3O3/c1-8-3-9(2)18(17-8)7-13(19)16-12-5-10(14(20)21)4-11(15)6-12/h3-6H,7H2,1-2H3,(H,16,19)(H,20,21). The van der Waals surface area contributed by atoms with Crippen LogP contribution in [0.1, 0.15) is 21.7 Å². The molecule has 2 N–H and O–H groups in total. The molecule has 0 atom stereocenters. The molecule has 1 heterocycles. The first kappa shape index (κ1) is 15.1. The van der Waals surface area contributed by atoms with Gasteiger partial charge in [0.25, 0.3) is 0 Å². The van der Waals surface area contributed by atoms with Gasteiger partial charge in [0.1, 0.15) is 6.54 Å². The predicted molar refractivity (Wildman–Crippen MR) is 78.7 cm³/mol. The van der Waals surface area contributed by atoms with Crippen molar-refractivity contribution in [3.05, 3.63) is 46.2 Å². The van der Waals surface area contributed by atoms with Crippen LogP contribution < -0.4 is 5.32 Å². The summed E-state index contributed by atoms with van der Waals surface area (Å²) >= 11 is 5.83. The highest BCUT2D eigenvalue weighted by Gasteiger charge is 2.10. The fourth-order valence-corrected chi connectivity index (χ4v) is 2.19. The highest BCUT2D eigenvalue weighted by Crippen LogP contribution is 2.19. The van der Waals surface area contributed by atoms with Crippen LogP contribution in [0.2, 0.25) is 5.02 Å². The van der Waals surface area contributed by atoms with Crippen molar-refractivity contribution in [1.29, 1.82) is 0 Å². The number of carbonyl (C=O) groups excluding carboxylic acids is 1. The molecule has 2 aromatic rings. The molecule has 2 rings (SSSR count). The number of carboxylic acids is 1. The highest BCUT2D eigenvalue weighted by molar-refractivity contribution is 6.31. The van der Waals surface area contributed by atoms with Crippen molar-refractivity contribution in [3.8, 4) is 0 Å². The number of aryl methyl sites for hydroxylation is 2. The summed E-state index contributed by atoms with van der Waals surface area (Å²) in [5.74, 6) is -1.41. The van der Waals surface area contributed by atoms with Crippen LogP contribution in [0.4, 0.5) is 5.69 Å². The lowest BCUT2D eigenvalue weighted by Crippen LogP contribution is -2.20. The van der Waals surface area contributed by atoms with Crippen LogP contribution in [0, 0.1) is 13.8 Å². The van der Waals surface area contributed by atoms with Gasteiger partial charge in [-0.05, 0) is 38.1 Å². The molecule has 0 unspecified atom stereocenters. The molecule has 0 fully saturated rings. The minimum atomic E-state index is -1.11. The third-order valence-corrected chi connectivity index (χ3v) is 3.04. The lowest BCUT2D eigenvalue weighted by atomic mass is 10.2. The first-order chi connectivity index (χ1) is 9.85. The number of hydrogen-bond donors (Lipinski definition) is 2. The van der Waals surface area contributed by atoms with E-state index in [2.05, 4.69) is 10.4 Å². The normalized spacial score (nSPS) is 10.4. The molecule has 0 bridgehead atoms. The van der Waals surface area contributed by atoms with Gasteiger partial charge in [0.05, 0.1) is 11.3 Å². The second kappa shape index (κ2) is 5.97. The quantitative estimate of drug-likeness (QED) is 0.909. The molecule has 0 saturated heterocycles. The van der Waals surface area contributed by atoms with Gasteiger partial charge < -0.3 is 10.4 Å². The Hall–Kier alpha value is -2.34. The van der Waals surface area contributed by atoms with E-state index in [-0.39, 0.29) is 23.0 Å². The Morgan fingerprint density at radius 3 is 2.57 bits per heavy atom. The molecule has 110 valence electrons. The highest BCUT2D eigenvalue weighted by atomic mass is 35.5. The second-order valence-corrected chi connectivity index (χ2v) is 5.10. The van der Waals surface area contributed by atoms with Crippen LogP contribution in [0.5, 0.6) is 0 Å². The molecule has 1 amide bonds. The Bertz CT molecular complexity index is 709. The zero-order valence-corrected chi connectivity index (χ0v) is 12.3. The number of nitrogens with zero attached hydrogens (tertiary/aromatic N) is 2. The predicted octanol–water partition coefficient (Wildman–Crippen LogP) is 2.49. The van der Waals surface area contributed by atoms with E-state index in [4.69, 9.17) is 16.7 Å². The minimum Gasteiger partial charge on any atom is -0.478 e. The number of aromatic carboxylic acids is 1. The molecule has 1 aromatic carbocycles. The van der Waals surface area contributed by atoms with E-state index in [9.17, 15) is 9.59 Å². The van der Waals surface area contributed by atoms with Crippen molar-refractivity contribution in [1.82, 2.24) is 9.78 Å². The number of hydrogen-bond acceptors (Lipinski definition) is 3. The lowest BCUT2D eigenvalue weighted by Gasteiger charge is -2.08. The number of carboxylic acid groups (broad SMARTS) is 1. The maximum Gasteiger partial charge on any atom is 0.335 e. The third kappa shape index (κ3) is 3.82. The Kier molecular flexibility index (Phi) is 4.28. The molecule has 21 heavy (non-hydrogen) atoms. The van der Waals surface area contributed by atoms with Gasteiger partial charge in [-0.15, -0.1) is 0 Å². The van der Waals surface area contributed by atoms with E-state index in [0.717, 1.165) is 11.4 Å². The molecule has 0 aliphatic rings. The number of aromatic nitrogens is 2. The fourth-order valence-electron chi connectivity index (χ4n) is 1.96. The summed E-state index contributed by atoms with van der Waals surface area (Å²) in [5, 5.41) is 16.0. The largest absolute Gasteiger partial charge is 0.478 e. The molecule has 0 spiro atoms. The molecule has 1 aromatic heterocycles. The number of rotatable bonds is 4. The lowest BCUT2D eigenvalue weighted by molar-refractivity contribution is -0.116. The summed E-state index contributed by atoms with van der Waals surface area (Å²) in [6, 6.07) is 6.04. The molecule has 7 heteroatoms. The van der Waals surface area contributed by atoms with Crippen LogP contribution in [-0.4, -0.2) is 26.8 Å². The van der Waals surface area contributed by atoms with Gasteiger partial charge in [0, 0.05) is 16.4 Å². The molecular formula is C14H14ClN3O3. The summed E-state index contributed by atoms with van der Waals surface area (Å²) in [6.07, 6.45) is 0. The number of carbonyl (C=O) groups is 2. The van der Waals surface area contributed by atoms with Crippen molar-refractivity contribution >= 4 is 29.2 Å². The molecule has 0 aliphatic heterocycles. The van der Waals surface area contributed by atoms with E-state index >= 15 is 0 Å². The van der Waals surface area contributed by atoms with Gasteiger partial charge in [-0.1, -0.05) is 11.6 Å². The van der Waals surface area contributed by atoms with Crippen molar-refractivity contribution in [2.24, 2.45) is 0 Å². The van der Waals surface area contributed by atoms with Gasteiger partial charge in [-0.3, -0.25) is 9.48 Å². The summed E-state index contributed by atoms with van der Waals surface area (Å²) in [6.45, 7) is 3.75. The van der Waals surface area contributed by atoms with E-state index in [0.29, 0.717) is 5.69 Å². The average molecular weight is 308 g/mol. The van der Waals surface area contributed by atoms with E-state index in [1.807, 2.05) is 19.9 Å². The summed E-state index contributed by atoms with van der Waals surface area (Å²) < 4.78 is 1.58. The second-order valence-electron chi connectivity index (χ2n) is 4.67. The van der Waals surface area contributed by atoms with Crippen molar-refractivity contribution in [2.45, 2.75) is 20.4 Å². The van der Waals surface area contributed by atoms with E-state index in [1.54, 1.807) is 4.68 Å². The van der Waals surface area contributed by atoms with Crippen molar-refractivity contribution < 1.29 is 14.7 Å². The first-order valence-corrected chi connectivity index (χ1v) is 6.58. The summed E-state index contributed by atoms with van der Waals surface area (Å²) in [4.78, 5) is 22.9. The van der Waals surface area contributed by atoms with Gasteiger partial charge in [0.15, 0.2) is 0 Å². The molecule has 0 radical (unpaired) electrons. The van der Waals surface area contributed by atoms with Crippen LogP contribution in [0.25, 0.3) is 0 Å². The monoisotopic (exact) mass is 307 g/mol.